The van der Waals surface area contributed by atoms with Crippen molar-refractivity contribution in [2.75, 3.05) is 18.4 Å². The lowest BCUT2D eigenvalue weighted by atomic mass is 10.3. The molecule has 1 aliphatic heterocycles. The molecule has 0 saturated carbocycles. The predicted octanol–water partition coefficient (Wildman–Crippen LogP) is 2.96. The lowest BCUT2D eigenvalue weighted by molar-refractivity contribution is 0.256. The zero-order valence-corrected chi connectivity index (χ0v) is 12.5. The summed E-state index contributed by atoms with van der Waals surface area (Å²) < 4.78 is 0.728. The Bertz CT molecular complexity index is 486. The molecule has 0 spiro atoms. The summed E-state index contributed by atoms with van der Waals surface area (Å²) in [6.07, 6.45) is 2.07. The van der Waals surface area contributed by atoms with Gasteiger partial charge in [-0.1, -0.05) is 17.7 Å². The number of hydrogen-bond donors (Lipinski definition) is 3. The largest absolute Gasteiger partial charge is 0.356 e. The van der Waals surface area contributed by atoms with Crippen LogP contribution in [0.5, 0.6) is 0 Å². The molecule has 19 heavy (non-hydrogen) atoms. The van der Waals surface area contributed by atoms with Crippen LogP contribution in [0.2, 0.25) is 5.02 Å². The van der Waals surface area contributed by atoms with Crippen molar-refractivity contribution in [2.45, 2.75) is 12.8 Å². The van der Waals surface area contributed by atoms with Gasteiger partial charge in [0.2, 0.25) is 0 Å². The molecule has 1 heterocycles. The quantitative estimate of drug-likeness (QED) is 0.732. The van der Waals surface area contributed by atoms with Crippen molar-refractivity contribution < 1.29 is 4.79 Å². The van der Waals surface area contributed by atoms with E-state index in [4.69, 9.17) is 11.6 Å². The lowest BCUT2D eigenvalue weighted by Gasteiger charge is -2.12. The highest BCUT2D eigenvalue weighted by atomic mass is 79.9. The number of guanidine groups is 1. The number of rotatable bonds is 1. The molecule has 2 rings (SSSR count). The highest BCUT2D eigenvalue weighted by Gasteiger charge is 2.11. The Morgan fingerprint density at radius 2 is 2.21 bits per heavy atom. The minimum atomic E-state index is -0.373. The molecule has 1 aliphatic rings. The van der Waals surface area contributed by atoms with Crippen molar-refractivity contribution in [2.24, 2.45) is 4.99 Å². The van der Waals surface area contributed by atoms with E-state index in [-0.39, 0.29) is 6.03 Å². The molecule has 1 aromatic rings. The van der Waals surface area contributed by atoms with Gasteiger partial charge in [-0.05, 0) is 40.9 Å². The third-order valence-electron chi connectivity index (χ3n) is 2.58. The van der Waals surface area contributed by atoms with Crippen molar-refractivity contribution in [1.82, 2.24) is 10.6 Å². The summed E-state index contributed by atoms with van der Waals surface area (Å²) in [4.78, 5) is 16.1. The monoisotopic (exact) mass is 344 g/mol. The van der Waals surface area contributed by atoms with Gasteiger partial charge in [-0.3, -0.25) is 10.3 Å². The van der Waals surface area contributed by atoms with Crippen molar-refractivity contribution in [3.05, 3.63) is 27.7 Å². The van der Waals surface area contributed by atoms with Crippen LogP contribution in [0, 0.1) is 0 Å². The van der Waals surface area contributed by atoms with Crippen LogP contribution >= 0.6 is 27.5 Å². The first-order valence-corrected chi connectivity index (χ1v) is 7.14. The number of aliphatic imine (C=N–C) groups is 1. The number of carbonyl (C=O) groups is 1. The molecule has 0 aromatic heterocycles. The van der Waals surface area contributed by atoms with E-state index in [2.05, 4.69) is 36.9 Å². The van der Waals surface area contributed by atoms with Crippen molar-refractivity contribution >= 4 is 45.2 Å². The average molecular weight is 346 g/mol. The maximum atomic E-state index is 11.9. The number of carbonyl (C=O) groups excluding carboxylic acids is 1. The van der Waals surface area contributed by atoms with Gasteiger partial charge < -0.3 is 10.6 Å². The maximum absolute atomic E-state index is 11.9. The number of para-hydroxylation sites is 1. The fraction of sp³-hybridized carbons (Fsp3) is 0.333. The molecule has 0 bridgehead atoms. The third-order valence-corrected chi connectivity index (χ3v) is 3.56. The molecular formula is C12H14BrClN4O. The van der Waals surface area contributed by atoms with Gasteiger partial charge in [-0.25, -0.2) is 4.79 Å². The highest BCUT2D eigenvalue weighted by Crippen LogP contribution is 2.29. The van der Waals surface area contributed by atoms with E-state index >= 15 is 0 Å². The predicted molar refractivity (Wildman–Crippen MR) is 80.8 cm³/mol. The fourth-order valence-corrected chi connectivity index (χ4v) is 2.44. The van der Waals surface area contributed by atoms with Crippen molar-refractivity contribution in [1.29, 1.82) is 0 Å². The molecule has 3 N–H and O–H groups in total. The van der Waals surface area contributed by atoms with E-state index < -0.39 is 0 Å². The second-order valence-corrected chi connectivity index (χ2v) is 5.30. The number of urea groups is 1. The van der Waals surface area contributed by atoms with Crippen molar-refractivity contribution in [3.63, 3.8) is 0 Å². The number of benzene rings is 1. The summed E-state index contributed by atoms with van der Waals surface area (Å²) in [5.74, 6) is 0.498. The van der Waals surface area contributed by atoms with E-state index in [1.807, 2.05) is 6.07 Å². The first kappa shape index (κ1) is 14.1. The van der Waals surface area contributed by atoms with Gasteiger partial charge in [-0.15, -0.1) is 0 Å². The first-order valence-electron chi connectivity index (χ1n) is 5.97. The standard InChI is InChI=1S/C12H14BrClN4O/c13-8-4-3-5-9(14)10(8)17-12(19)18-11-15-6-1-2-7-16-11/h3-5H,1-2,6-7H2,(H3,15,16,17,18,19). The van der Waals surface area contributed by atoms with E-state index in [1.54, 1.807) is 12.1 Å². The smallest absolute Gasteiger partial charge is 0.326 e. The first-order chi connectivity index (χ1) is 9.16. The van der Waals surface area contributed by atoms with Crippen LogP contribution in [0.1, 0.15) is 12.8 Å². The molecular weight excluding hydrogens is 332 g/mol. The van der Waals surface area contributed by atoms with Crippen LogP contribution in [-0.4, -0.2) is 25.1 Å². The van der Waals surface area contributed by atoms with Gasteiger partial charge in [0.25, 0.3) is 0 Å². The van der Waals surface area contributed by atoms with Gasteiger partial charge in [-0.2, -0.15) is 0 Å². The Balaban J connectivity index is 1.99. The Labute approximate surface area is 124 Å². The summed E-state index contributed by atoms with van der Waals surface area (Å²) in [5.41, 5.74) is 0.538. The topological polar surface area (TPSA) is 65.5 Å². The zero-order valence-electron chi connectivity index (χ0n) is 10.2. The Kier molecular flexibility index (Phi) is 5.04. The molecule has 0 fully saturated rings. The summed E-state index contributed by atoms with van der Waals surface area (Å²) in [5, 5.41) is 8.90. The Morgan fingerprint density at radius 1 is 1.37 bits per heavy atom. The molecule has 0 aliphatic carbocycles. The Morgan fingerprint density at radius 3 is 3.00 bits per heavy atom. The second kappa shape index (κ2) is 6.77. The van der Waals surface area contributed by atoms with Crippen LogP contribution in [-0.2, 0) is 0 Å². The normalized spacial score (nSPS) is 14.9. The number of amides is 2. The zero-order chi connectivity index (χ0) is 13.7. The number of nitrogens with one attached hydrogen (secondary N) is 3. The van der Waals surface area contributed by atoms with Crippen LogP contribution in [0.4, 0.5) is 10.5 Å². The minimum Gasteiger partial charge on any atom is -0.356 e. The van der Waals surface area contributed by atoms with Crippen LogP contribution in [0.15, 0.2) is 27.7 Å². The summed E-state index contributed by atoms with van der Waals surface area (Å²) in [6.45, 7) is 1.54. The number of nitrogens with zero attached hydrogens (tertiary/aromatic N) is 1. The maximum Gasteiger partial charge on any atom is 0.326 e. The average Bonchev–Trinajstić information content (AvgIpc) is 2.63. The molecule has 102 valence electrons. The molecule has 0 radical (unpaired) electrons. The fourth-order valence-electron chi connectivity index (χ4n) is 1.64. The number of halogens is 2. The summed E-state index contributed by atoms with van der Waals surface area (Å²) in [6, 6.07) is 4.94. The highest BCUT2D eigenvalue weighted by molar-refractivity contribution is 9.10. The van der Waals surface area contributed by atoms with Gasteiger partial charge >= 0.3 is 6.03 Å². The molecule has 5 nitrogen and oxygen atoms in total. The van der Waals surface area contributed by atoms with E-state index in [1.165, 1.54) is 0 Å². The van der Waals surface area contributed by atoms with E-state index in [0.717, 1.165) is 30.4 Å². The van der Waals surface area contributed by atoms with Crippen molar-refractivity contribution in [3.8, 4) is 0 Å². The molecule has 7 heteroatoms. The molecule has 0 unspecified atom stereocenters. The van der Waals surface area contributed by atoms with Gasteiger partial charge in [0.1, 0.15) is 0 Å². The summed E-state index contributed by atoms with van der Waals surface area (Å²) >= 11 is 9.36. The Hall–Kier alpha value is -1.27. The van der Waals surface area contributed by atoms with Gasteiger partial charge in [0.05, 0.1) is 10.7 Å². The molecule has 1 aromatic carbocycles. The SMILES string of the molecule is O=C(NC1=NCCCCN1)Nc1c(Cl)cccc1Br. The van der Waals surface area contributed by atoms with Crippen LogP contribution < -0.4 is 16.0 Å². The summed E-state index contributed by atoms with van der Waals surface area (Å²) in [7, 11) is 0. The number of anilines is 1. The molecule has 0 saturated heterocycles. The van der Waals surface area contributed by atoms with Crippen LogP contribution in [0.25, 0.3) is 0 Å². The molecule has 2 amide bonds. The van der Waals surface area contributed by atoms with E-state index in [9.17, 15) is 4.79 Å². The molecule has 0 atom stereocenters. The van der Waals surface area contributed by atoms with Crippen LogP contribution in [0.3, 0.4) is 0 Å². The lowest BCUT2D eigenvalue weighted by Crippen LogP contribution is -2.43. The van der Waals surface area contributed by atoms with E-state index in [0.29, 0.717) is 16.7 Å². The minimum absolute atomic E-state index is 0.373. The third kappa shape index (κ3) is 4.11. The van der Waals surface area contributed by atoms with Gasteiger partial charge in [0, 0.05) is 17.6 Å². The second-order valence-electron chi connectivity index (χ2n) is 4.04. The number of hydrogen-bond acceptors (Lipinski definition) is 3. The van der Waals surface area contributed by atoms with Gasteiger partial charge in [0.15, 0.2) is 5.96 Å².